The Balaban J connectivity index is 2.04. The van der Waals surface area contributed by atoms with Crippen LogP contribution in [0.2, 0.25) is 0 Å². The van der Waals surface area contributed by atoms with Crippen molar-refractivity contribution in [2.45, 2.75) is 31.3 Å². The fraction of sp³-hybridized carbons (Fsp3) is 0.467. The van der Waals surface area contributed by atoms with Gasteiger partial charge in [0.15, 0.2) is 0 Å². The average Bonchev–Trinajstić information content (AvgIpc) is 3.35. The summed E-state index contributed by atoms with van der Waals surface area (Å²) < 4.78 is 0. The lowest BCUT2D eigenvalue weighted by Gasteiger charge is -2.18. The largest absolute Gasteiger partial charge is 0.352 e. The predicted molar refractivity (Wildman–Crippen MR) is 88.5 cm³/mol. The van der Waals surface area contributed by atoms with Crippen molar-refractivity contribution in [2.24, 2.45) is 0 Å². The van der Waals surface area contributed by atoms with E-state index >= 15 is 0 Å². The molecular weight excluding hydrogens is 318 g/mol. The van der Waals surface area contributed by atoms with Crippen LogP contribution in [-0.2, 0) is 4.79 Å². The molecule has 0 radical (unpaired) electrons. The highest BCUT2D eigenvalue weighted by Gasteiger charge is 2.28. The highest BCUT2D eigenvalue weighted by atomic mass is 32.2. The van der Waals surface area contributed by atoms with Crippen molar-refractivity contribution in [2.75, 3.05) is 12.0 Å². The van der Waals surface area contributed by atoms with Crippen LogP contribution in [-0.4, -0.2) is 40.8 Å². The normalized spacial score (nSPS) is 14.8. The number of nitro benzene ring substituents is 1. The van der Waals surface area contributed by atoms with E-state index in [1.54, 1.807) is 11.8 Å². The first-order valence-corrected chi connectivity index (χ1v) is 8.75. The molecule has 0 unspecified atom stereocenters. The molecule has 0 aromatic heterocycles. The van der Waals surface area contributed by atoms with Crippen LogP contribution >= 0.6 is 11.8 Å². The highest BCUT2D eigenvalue weighted by molar-refractivity contribution is 7.98. The van der Waals surface area contributed by atoms with E-state index in [1.165, 1.54) is 24.3 Å². The van der Waals surface area contributed by atoms with Gasteiger partial charge in [-0.3, -0.25) is 19.7 Å². The van der Waals surface area contributed by atoms with Crippen LogP contribution in [0.5, 0.6) is 0 Å². The molecule has 7 nitrogen and oxygen atoms in total. The summed E-state index contributed by atoms with van der Waals surface area (Å²) in [5.41, 5.74) is 0.0216. The number of nitro groups is 1. The van der Waals surface area contributed by atoms with E-state index in [1.807, 2.05) is 6.26 Å². The fourth-order valence-electron chi connectivity index (χ4n) is 2.04. The molecule has 1 atom stereocenters. The van der Waals surface area contributed by atoms with Crippen molar-refractivity contribution in [1.29, 1.82) is 0 Å². The molecule has 124 valence electrons. The molecule has 23 heavy (non-hydrogen) atoms. The summed E-state index contributed by atoms with van der Waals surface area (Å²) in [6.07, 6.45) is 4.39. The number of benzene rings is 1. The molecule has 0 spiro atoms. The van der Waals surface area contributed by atoms with Crippen molar-refractivity contribution in [1.82, 2.24) is 10.6 Å². The standard InChI is InChI=1S/C15H19N3O4S/c1-23-8-7-13(15(20)16-11-5-6-11)17-14(19)10-3-2-4-12(9-10)18(21)22/h2-4,9,11,13H,5-8H2,1H3,(H,16,20)(H,17,19)/t13-/m1/s1. The first-order valence-electron chi connectivity index (χ1n) is 7.36. The summed E-state index contributed by atoms with van der Waals surface area (Å²) in [7, 11) is 0. The Bertz CT molecular complexity index is 604. The Hall–Kier alpha value is -2.09. The molecule has 1 aromatic rings. The van der Waals surface area contributed by atoms with E-state index < -0.39 is 16.9 Å². The summed E-state index contributed by atoms with van der Waals surface area (Å²) >= 11 is 1.59. The van der Waals surface area contributed by atoms with Crippen molar-refractivity contribution in [3.05, 3.63) is 39.9 Å². The van der Waals surface area contributed by atoms with Gasteiger partial charge in [-0.1, -0.05) is 6.07 Å². The van der Waals surface area contributed by atoms with Gasteiger partial charge in [0.05, 0.1) is 4.92 Å². The van der Waals surface area contributed by atoms with Gasteiger partial charge < -0.3 is 10.6 Å². The third-order valence-corrected chi connectivity index (χ3v) is 4.12. The van der Waals surface area contributed by atoms with Crippen molar-refractivity contribution in [3.8, 4) is 0 Å². The molecule has 0 saturated heterocycles. The van der Waals surface area contributed by atoms with Crippen molar-refractivity contribution >= 4 is 29.3 Å². The summed E-state index contributed by atoms with van der Waals surface area (Å²) in [6, 6.07) is 5.06. The molecule has 0 heterocycles. The van der Waals surface area contributed by atoms with Crippen LogP contribution in [0.25, 0.3) is 0 Å². The van der Waals surface area contributed by atoms with Gasteiger partial charge in [0, 0.05) is 23.7 Å². The SMILES string of the molecule is CSCC[C@@H](NC(=O)c1cccc([N+](=O)[O-])c1)C(=O)NC1CC1. The fourth-order valence-corrected chi connectivity index (χ4v) is 2.51. The van der Waals surface area contributed by atoms with E-state index in [4.69, 9.17) is 0 Å². The number of nitrogens with one attached hydrogen (secondary N) is 2. The van der Waals surface area contributed by atoms with Crippen LogP contribution in [0.15, 0.2) is 24.3 Å². The summed E-state index contributed by atoms with van der Waals surface area (Å²) in [6.45, 7) is 0. The van der Waals surface area contributed by atoms with Crippen LogP contribution < -0.4 is 10.6 Å². The number of non-ortho nitro benzene ring substituents is 1. The number of amides is 2. The van der Waals surface area contributed by atoms with Gasteiger partial charge in [-0.15, -0.1) is 0 Å². The number of hydrogen-bond acceptors (Lipinski definition) is 5. The van der Waals surface area contributed by atoms with Gasteiger partial charge in [-0.25, -0.2) is 0 Å². The molecule has 1 saturated carbocycles. The number of rotatable bonds is 8. The minimum absolute atomic E-state index is 0.152. The first-order chi connectivity index (χ1) is 11.0. The Morgan fingerprint density at radius 1 is 1.43 bits per heavy atom. The Morgan fingerprint density at radius 2 is 2.17 bits per heavy atom. The van der Waals surface area contributed by atoms with Crippen LogP contribution in [0, 0.1) is 10.1 Å². The molecule has 2 amide bonds. The van der Waals surface area contributed by atoms with Gasteiger partial charge in [-0.05, 0) is 37.3 Å². The Labute approximate surface area is 138 Å². The molecule has 0 bridgehead atoms. The number of hydrogen-bond donors (Lipinski definition) is 2. The van der Waals surface area contributed by atoms with E-state index in [9.17, 15) is 19.7 Å². The zero-order chi connectivity index (χ0) is 16.8. The number of carbonyl (C=O) groups is 2. The number of thioether (sulfide) groups is 1. The molecule has 1 aliphatic rings. The van der Waals surface area contributed by atoms with E-state index in [0.29, 0.717) is 6.42 Å². The topological polar surface area (TPSA) is 101 Å². The van der Waals surface area contributed by atoms with Crippen LogP contribution in [0.3, 0.4) is 0 Å². The third-order valence-electron chi connectivity index (χ3n) is 3.48. The van der Waals surface area contributed by atoms with Crippen LogP contribution in [0.1, 0.15) is 29.6 Å². The Morgan fingerprint density at radius 3 is 2.78 bits per heavy atom. The summed E-state index contributed by atoms with van der Waals surface area (Å²) in [4.78, 5) is 34.7. The second kappa shape index (κ2) is 7.96. The molecule has 2 N–H and O–H groups in total. The number of nitrogens with zero attached hydrogens (tertiary/aromatic N) is 1. The van der Waals surface area contributed by atoms with Crippen molar-refractivity contribution < 1.29 is 14.5 Å². The van der Waals surface area contributed by atoms with Gasteiger partial charge in [0.2, 0.25) is 5.91 Å². The second-order valence-electron chi connectivity index (χ2n) is 5.40. The third kappa shape index (κ3) is 5.24. The van der Waals surface area contributed by atoms with Gasteiger partial charge in [-0.2, -0.15) is 11.8 Å². The van der Waals surface area contributed by atoms with Crippen molar-refractivity contribution in [3.63, 3.8) is 0 Å². The minimum Gasteiger partial charge on any atom is -0.352 e. The lowest BCUT2D eigenvalue weighted by molar-refractivity contribution is -0.384. The molecule has 0 aliphatic heterocycles. The summed E-state index contributed by atoms with van der Waals surface area (Å²) in [5, 5.41) is 16.3. The zero-order valence-electron chi connectivity index (χ0n) is 12.8. The molecular formula is C15H19N3O4S. The maximum atomic E-state index is 12.3. The smallest absolute Gasteiger partial charge is 0.270 e. The highest BCUT2D eigenvalue weighted by Crippen LogP contribution is 2.19. The quantitative estimate of drug-likeness (QED) is 0.555. The van der Waals surface area contributed by atoms with E-state index in [2.05, 4.69) is 10.6 Å². The minimum atomic E-state index is -0.630. The predicted octanol–water partition coefficient (Wildman–Crippen LogP) is 1.72. The molecule has 1 fully saturated rings. The van der Waals surface area contributed by atoms with Gasteiger partial charge in [0.1, 0.15) is 6.04 Å². The maximum absolute atomic E-state index is 12.3. The first kappa shape index (κ1) is 17.3. The Kier molecular flexibility index (Phi) is 5.97. The lowest BCUT2D eigenvalue weighted by Crippen LogP contribution is -2.47. The number of carbonyl (C=O) groups excluding carboxylic acids is 2. The molecule has 1 aromatic carbocycles. The van der Waals surface area contributed by atoms with Crippen LogP contribution in [0.4, 0.5) is 5.69 Å². The van der Waals surface area contributed by atoms with E-state index in [0.717, 1.165) is 18.6 Å². The van der Waals surface area contributed by atoms with E-state index in [-0.39, 0.29) is 23.2 Å². The summed E-state index contributed by atoms with van der Waals surface area (Å²) in [5.74, 6) is 0.0592. The second-order valence-corrected chi connectivity index (χ2v) is 6.38. The molecule has 8 heteroatoms. The zero-order valence-corrected chi connectivity index (χ0v) is 13.6. The average molecular weight is 337 g/mol. The lowest BCUT2D eigenvalue weighted by atomic mass is 10.1. The molecule has 1 aliphatic carbocycles. The monoisotopic (exact) mass is 337 g/mol. The van der Waals surface area contributed by atoms with Gasteiger partial charge >= 0.3 is 0 Å². The molecule has 2 rings (SSSR count). The van der Waals surface area contributed by atoms with Gasteiger partial charge in [0.25, 0.3) is 11.6 Å². The maximum Gasteiger partial charge on any atom is 0.270 e.